The average Bonchev–Trinajstić information content (AvgIpc) is 2.43. The number of carbonyl (C=O) groups is 2. The van der Waals surface area contributed by atoms with Crippen molar-refractivity contribution in [1.82, 2.24) is 5.32 Å². The van der Waals surface area contributed by atoms with Crippen LogP contribution in [-0.4, -0.2) is 37.6 Å². The van der Waals surface area contributed by atoms with Crippen LogP contribution in [0.15, 0.2) is 18.2 Å². The molecule has 0 fully saturated rings. The van der Waals surface area contributed by atoms with Crippen LogP contribution in [0.5, 0.6) is 11.5 Å². The minimum atomic E-state index is -0.203. The molecular formula is C15H20N2O4. The van der Waals surface area contributed by atoms with Gasteiger partial charge in [0, 0.05) is 24.7 Å². The first-order chi connectivity index (χ1) is 9.97. The first-order valence-corrected chi connectivity index (χ1v) is 6.94. The topological polar surface area (TPSA) is 67.9 Å². The van der Waals surface area contributed by atoms with Gasteiger partial charge in [0.05, 0.1) is 0 Å². The van der Waals surface area contributed by atoms with Gasteiger partial charge in [0.25, 0.3) is 0 Å². The standard InChI is InChI=1S/C15H20N2O4/c1-10(2)16-15(19)9-17(11(3)18)12-4-5-13-14(8-12)21-7-6-20-13/h4-5,8,10H,6-7,9H2,1-3H3,(H,16,19). The van der Waals surface area contributed by atoms with E-state index in [-0.39, 0.29) is 24.4 Å². The highest BCUT2D eigenvalue weighted by Gasteiger charge is 2.19. The van der Waals surface area contributed by atoms with Gasteiger partial charge >= 0.3 is 0 Å². The molecule has 0 aromatic heterocycles. The molecule has 2 amide bonds. The quantitative estimate of drug-likeness (QED) is 0.909. The fraction of sp³-hybridized carbons (Fsp3) is 0.467. The lowest BCUT2D eigenvalue weighted by Gasteiger charge is -2.24. The number of nitrogens with one attached hydrogen (secondary N) is 1. The van der Waals surface area contributed by atoms with E-state index in [4.69, 9.17) is 9.47 Å². The minimum Gasteiger partial charge on any atom is -0.486 e. The average molecular weight is 292 g/mol. The molecule has 1 heterocycles. The first kappa shape index (κ1) is 15.2. The molecule has 21 heavy (non-hydrogen) atoms. The molecule has 6 heteroatoms. The van der Waals surface area contributed by atoms with Crippen LogP contribution in [0.3, 0.4) is 0 Å². The second-order valence-electron chi connectivity index (χ2n) is 5.16. The first-order valence-electron chi connectivity index (χ1n) is 6.94. The van der Waals surface area contributed by atoms with Crippen LogP contribution in [0.1, 0.15) is 20.8 Å². The number of anilines is 1. The summed E-state index contributed by atoms with van der Waals surface area (Å²) in [6.45, 7) is 6.15. The van der Waals surface area contributed by atoms with Crippen LogP contribution in [0, 0.1) is 0 Å². The number of ether oxygens (including phenoxy) is 2. The molecule has 0 spiro atoms. The summed E-state index contributed by atoms with van der Waals surface area (Å²) in [6, 6.07) is 5.25. The molecule has 1 aliphatic rings. The maximum Gasteiger partial charge on any atom is 0.240 e. The molecule has 0 bridgehead atoms. The van der Waals surface area contributed by atoms with Crippen molar-refractivity contribution >= 4 is 17.5 Å². The van der Waals surface area contributed by atoms with Crippen molar-refractivity contribution in [2.45, 2.75) is 26.8 Å². The molecule has 0 atom stereocenters. The molecule has 1 aromatic rings. The smallest absolute Gasteiger partial charge is 0.240 e. The molecule has 2 rings (SSSR count). The highest BCUT2D eigenvalue weighted by atomic mass is 16.6. The summed E-state index contributed by atoms with van der Waals surface area (Å²) in [5.74, 6) is 0.843. The highest BCUT2D eigenvalue weighted by Crippen LogP contribution is 2.33. The third-order valence-electron chi connectivity index (χ3n) is 2.97. The Balaban J connectivity index is 2.18. The lowest BCUT2D eigenvalue weighted by Crippen LogP contribution is -2.42. The monoisotopic (exact) mass is 292 g/mol. The van der Waals surface area contributed by atoms with Gasteiger partial charge in [0.1, 0.15) is 19.8 Å². The summed E-state index contributed by atoms with van der Waals surface area (Å²) < 4.78 is 10.9. The fourth-order valence-corrected chi connectivity index (χ4v) is 2.10. The van der Waals surface area contributed by atoms with Gasteiger partial charge in [-0.15, -0.1) is 0 Å². The van der Waals surface area contributed by atoms with Crippen LogP contribution >= 0.6 is 0 Å². The lowest BCUT2D eigenvalue weighted by atomic mass is 10.2. The number of rotatable bonds is 4. The van der Waals surface area contributed by atoms with Crippen molar-refractivity contribution in [3.8, 4) is 11.5 Å². The van der Waals surface area contributed by atoms with Crippen molar-refractivity contribution in [3.63, 3.8) is 0 Å². The molecule has 0 aliphatic carbocycles. The number of benzene rings is 1. The molecule has 6 nitrogen and oxygen atoms in total. The lowest BCUT2D eigenvalue weighted by molar-refractivity contribution is -0.123. The predicted molar refractivity (Wildman–Crippen MR) is 78.7 cm³/mol. The van der Waals surface area contributed by atoms with Crippen LogP contribution in [-0.2, 0) is 9.59 Å². The Bertz CT molecular complexity index is 542. The maximum atomic E-state index is 11.9. The Morgan fingerprint density at radius 2 is 1.90 bits per heavy atom. The zero-order chi connectivity index (χ0) is 15.4. The third-order valence-corrected chi connectivity index (χ3v) is 2.97. The van der Waals surface area contributed by atoms with E-state index < -0.39 is 0 Å². The summed E-state index contributed by atoms with van der Waals surface area (Å²) in [7, 11) is 0. The van der Waals surface area contributed by atoms with E-state index in [0.717, 1.165) is 0 Å². The molecular weight excluding hydrogens is 272 g/mol. The molecule has 1 aromatic carbocycles. The minimum absolute atomic E-state index is 0.0207. The Kier molecular flexibility index (Phi) is 4.67. The Morgan fingerprint density at radius 1 is 1.24 bits per heavy atom. The van der Waals surface area contributed by atoms with Crippen LogP contribution < -0.4 is 19.7 Å². The van der Waals surface area contributed by atoms with Crippen molar-refractivity contribution in [1.29, 1.82) is 0 Å². The van der Waals surface area contributed by atoms with E-state index in [1.807, 2.05) is 13.8 Å². The number of hydrogen-bond donors (Lipinski definition) is 1. The SMILES string of the molecule is CC(=O)N(CC(=O)NC(C)C)c1ccc2c(c1)OCCO2. The summed E-state index contributed by atoms with van der Waals surface area (Å²) in [5, 5.41) is 2.77. The molecule has 0 unspecified atom stereocenters. The Labute approximate surface area is 124 Å². The molecule has 0 saturated carbocycles. The van der Waals surface area contributed by atoms with Gasteiger partial charge in [-0.25, -0.2) is 0 Å². The van der Waals surface area contributed by atoms with Gasteiger partial charge in [-0.3, -0.25) is 9.59 Å². The predicted octanol–water partition coefficient (Wildman–Crippen LogP) is 1.34. The molecule has 1 N–H and O–H groups in total. The number of carbonyl (C=O) groups excluding carboxylic acids is 2. The fourth-order valence-electron chi connectivity index (χ4n) is 2.10. The number of nitrogens with zero attached hydrogens (tertiary/aromatic N) is 1. The second kappa shape index (κ2) is 6.47. The van der Waals surface area contributed by atoms with E-state index >= 15 is 0 Å². The largest absolute Gasteiger partial charge is 0.486 e. The summed E-state index contributed by atoms with van der Waals surface area (Å²) in [4.78, 5) is 25.1. The van der Waals surface area contributed by atoms with Gasteiger partial charge in [0.15, 0.2) is 11.5 Å². The van der Waals surface area contributed by atoms with E-state index in [2.05, 4.69) is 5.32 Å². The van der Waals surface area contributed by atoms with E-state index in [1.54, 1.807) is 18.2 Å². The maximum absolute atomic E-state index is 11.9. The summed E-state index contributed by atoms with van der Waals surface area (Å²) >= 11 is 0. The van der Waals surface area contributed by atoms with Gasteiger partial charge in [0.2, 0.25) is 11.8 Å². The number of amides is 2. The van der Waals surface area contributed by atoms with E-state index in [1.165, 1.54) is 11.8 Å². The van der Waals surface area contributed by atoms with Crippen molar-refractivity contribution in [3.05, 3.63) is 18.2 Å². The Hall–Kier alpha value is -2.24. The number of hydrogen-bond acceptors (Lipinski definition) is 4. The van der Waals surface area contributed by atoms with E-state index in [0.29, 0.717) is 30.4 Å². The van der Waals surface area contributed by atoms with Crippen molar-refractivity contribution < 1.29 is 19.1 Å². The van der Waals surface area contributed by atoms with Gasteiger partial charge in [-0.05, 0) is 26.0 Å². The normalized spacial score (nSPS) is 13.0. The highest BCUT2D eigenvalue weighted by molar-refractivity contribution is 5.97. The third kappa shape index (κ3) is 3.87. The zero-order valence-electron chi connectivity index (χ0n) is 12.5. The van der Waals surface area contributed by atoms with Gasteiger partial charge in [-0.2, -0.15) is 0 Å². The van der Waals surface area contributed by atoms with Crippen molar-refractivity contribution in [2.75, 3.05) is 24.7 Å². The van der Waals surface area contributed by atoms with Crippen LogP contribution in [0.4, 0.5) is 5.69 Å². The summed E-state index contributed by atoms with van der Waals surface area (Å²) in [5.41, 5.74) is 0.616. The Morgan fingerprint density at radius 3 is 2.52 bits per heavy atom. The van der Waals surface area contributed by atoms with Gasteiger partial charge < -0.3 is 19.7 Å². The molecule has 0 radical (unpaired) electrons. The van der Waals surface area contributed by atoms with Crippen LogP contribution in [0.25, 0.3) is 0 Å². The second-order valence-corrected chi connectivity index (χ2v) is 5.16. The van der Waals surface area contributed by atoms with Gasteiger partial charge in [-0.1, -0.05) is 0 Å². The van der Waals surface area contributed by atoms with E-state index in [9.17, 15) is 9.59 Å². The number of fused-ring (bicyclic) bond motifs is 1. The van der Waals surface area contributed by atoms with Crippen LogP contribution in [0.2, 0.25) is 0 Å². The summed E-state index contributed by atoms with van der Waals surface area (Å²) in [6.07, 6.45) is 0. The molecule has 114 valence electrons. The molecule has 1 aliphatic heterocycles. The van der Waals surface area contributed by atoms with Crippen molar-refractivity contribution in [2.24, 2.45) is 0 Å². The zero-order valence-corrected chi connectivity index (χ0v) is 12.5. The molecule has 0 saturated heterocycles.